The van der Waals surface area contributed by atoms with Gasteiger partial charge in [-0.2, -0.15) is 5.10 Å². The summed E-state index contributed by atoms with van der Waals surface area (Å²) >= 11 is 0. The van der Waals surface area contributed by atoms with Crippen LogP contribution < -0.4 is 5.46 Å². The molecule has 1 saturated heterocycles. The molecule has 0 N–H and O–H groups in total. The molecule has 0 unspecified atom stereocenters. The molecule has 2 rings (SSSR count). The fourth-order valence-electron chi connectivity index (χ4n) is 1.98. The van der Waals surface area contributed by atoms with Crippen molar-refractivity contribution in [1.82, 2.24) is 9.78 Å². The lowest BCUT2D eigenvalue weighted by Crippen LogP contribution is -2.41. The molecule has 2 heterocycles. The molecule has 0 aliphatic carbocycles. The normalized spacial score (nSPS) is 23.1. The van der Waals surface area contributed by atoms with E-state index in [4.69, 9.17) is 9.31 Å². The molecular formula is C14H25BN2O2. The molecule has 106 valence electrons. The topological polar surface area (TPSA) is 36.3 Å². The second-order valence-electron chi connectivity index (χ2n) is 6.83. The SMILES string of the molecule is CC(C)[C@H](C)n1cc(B2OC(C)(C)C(C)(C)O2)cn1. The molecule has 4 nitrogen and oxygen atoms in total. The van der Waals surface area contributed by atoms with E-state index in [1.165, 1.54) is 0 Å². The molecule has 0 bridgehead atoms. The van der Waals surface area contributed by atoms with Gasteiger partial charge in [-0.1, -0.05) is 13.8 Å². The predicted octanol–water partition coefficient (Wildman–Crippen LogP) is 2.40. The number of aromatic nitrogens is 2. The lowest BCUT2D eigenvalue weighted by Gasteiger charge is -2.32. The Hall–Kier alpha value is -0.805. The molecule has 1 aromatic heterocycles. The van der Waals surface area contributed by atoms with Crippen LogP contribution in [0.15, 0.2) is 12.4 Å². The summed E-state index contributed by atoms with van der Waals surface area (Å²) in [6, 6.07) is 0.371. The summed E-state index contributed by atoms with van der Waals surface area (Å²) in [5.41, 5.74) is 0.388. The van der Waals surface area contributed by atoms with Crippen molar-refractivity contribution in [2.45, 2.75) is 65.7 Å². The van der Waals surface area contributed by atoms with Crippen LogP contribution >= 0.6 is 0 Å². The molecule has 1 aliphatic heterocycles. The van der Waals surface area contributed by atoms with Crippen molar-refractivity contribution in [1.29, 1.82) is 0 Å². The highest BCUT2D eigenvalue weighted by molar-refractivity contribution is 6.61. The van der Waals surface area contributed by atoms with Gasteiger partial charge < -0.3 is 9.31 Å². The van der Waals surface area contributed by atoms with Crippen molar-refractivity contribution in [2.24, 2.45) is 5.92 Å². The van der Waals surface area contributed by atoms with Gasteiger partial charge in [0.1, 0.15) is 0 Å². The average molecular weight is 264 g/mol. The monoisotopic (exact) mass is 264 g/mol. The minimum absolute atomic E-state index is 0.302. The lowest BCUT2D eigenvalue weighted by atomic mass is 9.82. The van der Waals surface area contributed by atoms with Gasteiger partial charge in [0, 0.05) is 17.9 Å². The summed E-state index contributed by atoms with van der Waals surface area (Å²) in [5, 5.41) is 4.43. The first-order chi connectivity index (χ1) is 8.64. The van der Waals surface area contributed by atoms with Crippen molar-refractivity contribution >= 4 is 12.6 Å². The lowest BCUT2D eigenvalue weighted by molar-refractivity contribution is 0.00578. The highest BCUT2D eigenvalue weighted by Gasteiger charge is 2.52. The molecular weight excluding hydrogens is 239 g/mol. The fraction of sp³-hybridized carbons (Fsp3) is 0.786. The van der Waals surface area contributed by atoms with Gasteiger partial charge in [-0.05, 0) is 40.5 Å². The van der Waals surface area contributed by atoms with Crippen LogP contribution in [0.4, 0.5) is 0 Å². The van der Waals surface area contributed by atoms with E-state index in [0.717, 1.165) is 5.46 Å². The van der Waals surface area contributed by atoms with Gasteiger partial charge in [0.25, 0.3) is 0 Å². The van der Waals surface area contributed by atoms with Gasteiger partial charge in [-0.25, -0.2) is 0 Å². The molecule has 0 radical (unpaired) electrons. The third-order valence-corrected chi connectivity index (χ3v) is 4.53. The Morgan fingerprint density at radius 3 is 2.11 bits per heavy atom. The zero-order valence-corrected chi connectivity index (χ0v) is 13.1. The Labute approximate surface area is 116 Å². The molecule has 0 amide bonds. The van der Waals surface area contributed by atoms with Crippen LogP contribution in [0.25, 0.3) is 0 Å². The van der Waals surface area contributed by atoms with Crippen molar-refractivity contribution in [2.75, 3.05) is 0 Å². The highest BCUT2D eigenvalue weighted by Crippen LogP contribution is 2.36. The zero-order chi connectivity index (χ0) is 14.4. The first-order valence-electron chi connectivity index (χ1n) is 7.04. The smallest absolute Gasteiger partial charge is 0.399 e. The van der Waals surface area contributed by atoms with Crippen LogP contribution in [0.3, 0.4) is 0 Å². The Kier molecular flexibility index (Phi) is 3.56. The maximum Gasteiger partial charge on any atom is 0.498 e. The third-order valence-electron chi connectivity index (χ3n) is 4.53. The average Bonchev–Trinajstić information content (AvgIpc) is 2.81. The maximum absolute atomic E-state index is 6.03. The quantitative estimate of drug-likeness (QED) is 0.786. The fourth-order valence-corrected chi connectivity index (χ4v) is 1.98. The van der Waals surface area contributed by atoms with Crippen LogP contribution in [0, 0.1) is 5.92 Å². The summed E-state index contributed by atoms with van der Waals surface area (Å²) in [6.45, 7) is 14.8. The van der Waals surface area contributed by atoms with Crippen molar-refractivity contribution in [3.8, 4) is 0 Å². The molecule has 1 aromatic rings. The van der Waals surface area contributed by atoms with Crippen molar-refractivity contribution in [3.05, 3.63) is 12.4 Å². The predicted molar refractivity (Wildman–Crippen MR) is 77.5 cm³/mol. The van der Waals surface area contributed by atoms with E-state index in [1.807, 2.05) is 17.1 Å². The Balaban J connectivity index is 2.17. The highest BCUT2D eigenvalue weighted by atomic mass is 16.7. The maximum atomic E-state index is 6.03. The summed E-state index contributed by atoms with van der Waals surface area (Å²) in [5.74, 6) is 0.547. The van der Waals surface area contributed by atoms with E-state index >= 15 is 0 Å². The number of rotatable bonds is 3. The van der Waals surface area contributed by atoms with Crippen LogP contribution in [-0.2, 0) is 9.31 Å². The summed E-state index contributed by atoms with van der Waals surface area (Å²) in [6.07, 6.45) is 3.88. The van der Waals surface area contributed by atoms with E-state index in [1.54, 1.807) is 0 Å². The molecule has 0 spiro atoms. The third kappa shape index (κ3) is 2.58. The minimum Gasteiger partial charge on any atom is -0.399 e. The van der Waals surface area contributed by atoms with E-state index in [2.05, 4.69) is 53.6 Å². The van der Waals surface area contributed by atoms with E-state index in [-0.39, 0.29) is 18.3 Å². The van der Waals surface area contributed by atoms with Crippen LogP contribution in [0.2, 0.25) is 0 Å². The van der Waals surface area contributed by atoms with Gasteiger partial charge in [0.2, 0.25) is 0 Å². The van der Waals surface area contributed by atoms with Gasteiger partial charge in [0.05, 0.1) is 17.2 Å². The molecule has 1 atom stereocenters. The number of hydrogen-bond acceptors (Lipinski definition) is 3. The Bertz CT molecular complexity index is 438. The van der Waals surface area contributed by atoms with Crippen LogP contribution in [0.1, 0.15) is 54.5 Å². The standard InChI is InChI=1S/C14H25BN2O2/c1-10(2)11(3)17-9-12(8-16-17)15-18-13(4,5)14(6,7)19-15/h8-11H,1-7H3/t11-/m0/s1. The molecule has 1 aliphatic rings. The zero-order valence-electron chi connectivity index (χ0n) is 13.1. The van der Waals surface area contributed by atoms with E-state index < -0.39 is 0 Å². The summed E-state index contributed by atoms with van der Waals surface area (Å²) in [7, 11) is -0.321. The van der Waals surface area contributed by atoms with E-state index in [9.17, 15) is 0 Å². The summed E-state index contributed by atoms with van der Waals surface area (Å²) < 4.78 is 14.0. The van der Waals surface area contributed by atoms with Gasteiger partial charge in [-0.3, -0.25) is 4.68 Å². The first kappa shape index (κ1) is 14.6. The van der Waals surface area contributed by atoms with Crippen molar-refractivity contribution in [3.63, 3.8) is 0 Å². The van der Waals surface area contributed by atoms with Gasteiger partial charge >= 0.3 is 7.12 Å². The van der Waals surface area contributed by atoms with E-state index in [0.29, 0.717) is 12.0 Å². The molecule has 19 heavy (non-hydrogen) atoms. The molecule has 1 fully saturated rings. The second-order valence-corrected chi connectivity index (χ2v) is 6.83. The Morgan fingerprint density at radius 1 is 1.11 bits per heavy atom. The van der Waals surface area contributed by atoms with Gasteiger partial charge in [-0.15, -0.1) is 0 Å². The number of hydrogen-bond donors (Lipinski definition) is 0. The molecule has 5 heteroatoms. The van der Waals surface area contributed by atoms with Crippen LogP contribution in [-0.4, -0.2) is 28.1 Å². The van der Waals surface area contributed by atoms with Crippen LogP contribution in [0.5, 0.6) is 0 Å². The minimum atomic E-state index is -0.321. The largest absolute Gasteiger partial charge is 0.498 e. The first-order valence-corrected chi connectivity index (χ1v) is 7.04. The number of nitrogens with zero attached hydrogens (tertiary/aromatic N) is 2. The second kappa shape index (κ2) is 4.63. The molecule has 0 saturated carbocycles. The molecule has 0 aromatic carbocycles. The van der Waals surface area contributed by atoms with Gasteiger partial charge in [0.15, 0.2) is 0 Å². The summed E-state index contributed by atoms with van der Waals surface area (Å²) in [4.78, 5) is 0. The Morgan fingerprint density at radius 2 is 1.63 bits per heavy atom. The van der Waals surface area contributed by atoms with Crippen molar-refractivity contribution < 1.29 is 9.31 Å².